The van der Waals surface area contributed by atoms with Gasteiger partial charge in [0.2, 0.25) is 5.91 Å². The van der Waals surface area contributed by atoms with E-state index in [2.05, 4.69) is 4.90 Å². The number of nitrogens with zero attached hydrogens (tertiary/aromatic N) is 3. The Morgan fingerprint density at radius 2 is 1.75 bits per heavy atom. The van der Waals surface area contributed by atoms with Gasteiger partial charge in [-0.05, 0) is 41.5 Å². The van der Waals surface area contributed by atoms with Gasteiger partial charge in [-0.1, -0.05) is 23.7 Å². The van der Waals surface area contributed by atoms with Gasteiger partial charge in [0, 0.05) is 62.5 Å². The number of Topliss-reactive ketones (excluding diaryl/α,β-unsaturated/α-hetero) is 1. The maximum Gasteiger partial charge on any atom is 0.410 e. The van der Waals surface area contributed by atoms with Crippen LogP contribution in [0, 0.1) is 0 Å². The second kappa shape index (κ2) is 9.71. The van der Waals surface area contributed by atoms with E-state index in [1.165, 1.54) is 0 Å². The van der Waals surface area contributed by atoms with Crippen LogP contribution in [0.2, 0.25) is 5.02 Å². The summed E-state index contributed by atoms with van der Waals surface area (Å²) < 4.78 is 5.39. The number of anilines is 1. The zero-order valence-electron chi connectivity index (χ0n) is 18.1. The van der Waals surface area contributed by atoms with Crippen molar-refractivity contribution >= 4 is 35.1 Å². The highest BCUT2D eigenvalue weighted by atomic mass is 35.5. The first-order valence-electron chi connectivity index (χ1n) is 10.7. The van der Waals surface area contributed by atoms with Crippen LogP contribution in [-0.2, 0) is 22.6 Å². The largest absolute Gasteiger partial charge is 0.445 e. The molecule has 0 N–H and O–H groups in total. The van der Waals surface area contributed by atoms with E-state index in [1.54, 1.807) is 35.0 Å². The lowest BCUT2D eigenvalue weighted by atomic mass is 10.0. The van der Waals surface area contributed by atoms with E-state index in [-0.39, 0.29) is 24.4 Å². The zero-order chi connectivity index (χ0) is 22.7. The Kier molecular flexibility index (Phi) is 6.77. The van der Waals surface area contributed by atoms with Gasteiger partial charge in [-0.2, -0.15) is 0 Å². The quantitative estimate of drug-likeness (QED) is 0.624. The molecule has 0 unspecified atom stereocenters. The first kappa shape index (κ1) is 22.3. The SMILES string of the molecule is CN1C(=O)Cc2cc(C(=O)CCN3CCN(C(=O)OCc4ccc(Cl)cc4)CC3)ccc21. The van der Waals surface area contributed by atoms with Gasteiger partial charge in [-0.15, -0.1) is 0 Å². The van der Waals surface area contributed by atoms with E-state index in [0.29, 0.717) is 56.2 Å². The Labute approximate surface area is 192 Å². The molecule has 1 saturated heterocycles. The first-order valence-corrected chi connectivity index (χ1v) is 11.1. The molecule has 2 aromatic carbocycles. The molecule has 2 heterocycles. The predicted molar refractivity (Wildman–Crippen MR) is 122 cm³/mol. The van der Waals surface area contributed by atoms with E-state index in [9.17, 15) is 14.4 Å². The highest BCUT2D eigenvalue weighted by Crippen LogP contribution is 2.28. The molecule has 8 heteroatoms. The van der Waals surface area contributed by atoms with Gasteiger partial charge in [0.15, 0.2) is 5.78 Å². The van der Waals surface area contributed by atoms with Crippen molar-refractivity contribution in [3.8, 4) is 0 Å². The summed E-state index contributed by atoms with van der Waals surface area (Å²) in [6.45, 7) is 3.40. The smallest absolute Gasteiger partial charge is 0.410 e. The summed E-state index contributed by atoms with van der Waals surface area (Å²) in [4.78, 5) is 42.3. The predicted octanol–water partition coefficient (Wildman–Crippen LogP) is 3.39. The van der Waals surface area contributed by atoms with E-state index < -0.39 is 0 Å². The number of carbonyl (C=O) groups excluding carboxylic acids is 3. The van der Waals surface area contributed by atoms with Crippen LogP contribution in [0.1, 0.15) is 27.9 Å². The molecule has 0 radical (unpaired) electrons. The molecule has 1 fully saturated rings. The first-order chi connectivity index (χ1) is 15.4. The lowest BCUT2D eigenvalue weighted by molar-refractivity contribution is -0.117. The molecule has 2 aromatic rings. The van der Waals surface area contributed by atoms with Crippen LogP contribution in [0.15, 0.2) is 42.5 Å². The molecular weight excluding hydrogens is 430 g/mol. The molecule has 0 aliphatic carbocycles. The summed E-state index contributed by atoms with van der Waals surface area (Å²) in [6.07, 6.45) is 0.431. The fourth-order valence-electron chi connectivity index (χ4n) is 4.02. The Bertz CT molecular complexity index is 1020. The average Bonchev–Trinajstić information content (AvgIpc) is 3.10. The maximum absolute atomic E-state index is 12.6. The van der Waals surface area contributed by atoms with Gasteiger partial charge in [-0.25, -0.2) is 4.79 Å². The molecule has 168 valence electrons. The van der Waals surface area contributed by atoms with E-state index in [4.69, 9.17) is 16.3 Å². The lowest BCUT2D eigenvalue weighted by Gasteiger charge is -2.33. The van der Waals surface area contributed by atoms with Crippen molar-refractivity contribution < 1.29 is 19.1 Å². The zero-order valence-corrected chi connectivity index (χ0v) is 18.8. The maximum atomic E-state index is 12.6. The minimum atomic E-state index is -0.326. The summed E-state index contributed by atoms with van der Waals surface area (Å²) in [5.74, 6) is 0.119. The summed E-state index contributed by atoms with van der Waals surface area (Å²) >= 11 is 5.87. The fraction of sp³-hybridized carbons (Fsp3) is 0.375. The molecule has 0 aromatic heterocycles. The van der Waals surface area contributed by atoms with Crippen molar-refractivity contribution in [2.45, 2.75) is 19.4 Å². The van der Waals surface area contributed by atoms with E-state index >= 15 is 0 Å². The molecule has 0 spiro atoms. The van der Waals surface area contributed by atoms with Gasteiger partial charge in [0.1, 0.15) is 6.61 Å². The van der Waals surface area contributed by atoms with Gasteiger partial charge in [0.05, 0.1) is 6.42 Å². The van der Waals surface area contributed by atoms with Crippen LogP contribution < -0.4 is 4.90 Å². The number of likely N-dealkylation sites (N-methyl/N-ethyl adjacent to an activating group) is 1. The van der Waals surface area contributed by atoms with Crippen molar-refractivity contribution in [2.24, 2.45) is 0 Å². The number of carbonyl (C=O) groups is 3. The van der Waals surface area contributed by atoms with Crippen molar-refractivity contribution in [1.29, 1.82) is 0 Å². The van der Waals surface area contributed by atoms with Gasteiger partial charge in [0.25, 0.3) is 0 Å². The number of piperazine rings is 1. The number of benzene rings is 2. The van der Waals surface area contributed by atoms with Crippen molar-refractivity contribution in [3.63, 3.8) is 0 Å². The third-order valence-corrected chi connectivity index (χ3v) is 6.29. The number of halogens is 1. The average molecular weight is 456 g/mol. The van der Waals surface area contributed by atoms with Crippen LogP contribution in [0.5, 0.6) is 0 Å². The van der Waals surface area contributed by atoms with Crippen LogP contribution in [0.3, 0.4) is 0 Å². The van der Waals surface area contributed by atoms with Crippen molar-refractivity contribution in [3.05, 3.63) is 64.2 Å². The summed E-state index contributed by atoms with van der Waals surface area (Å²) in [6, 6.07) is 12.7. The molecule has 0 bridgehead atoms. The van der Waals surface area contributed by atoms with Gasteiger partial charge < -0.3 is 14.5 Å². The Morgan fingerprint density at radius 3 is 2.47 bits per heavy atom. The Balaban J connectivity index is 1.20. The number of hydrogen-bond acceptors (Lipinski definition) is 5. The van der Waals surface area contributed by atoms with E-state index in [1.807, 2.05) is 24.3 Å². The van der Waals surface area contributed by atoms with Crippen LogP contribution in [-0.4, -0.2) is 67.4 Å². The normalized spacial score (nSPS) is 16.2. The van der Waals surface area contributed by atoms with Gasteiger partial charge >= 0.3 is 6.09 Å². The molecule has 7 nitrogen and oxygen atoms in total. The lowest BCUT2D eigenvalue weighted by Crippen LogP contribution is -2.49. The van der Waals surface area contributed by atoms with Crippen molar-refractivity contribution in [2.75, 3.05) is 44.7 Å². The second-order valence-corrected chi connectivity index (χ2v) is 8.59. The monoisotopic (exact) mass is 455 g/mol. The molecule has 4 rings (SSSR count). The Hall–Kier alpha value is -2.90. The molecule has 2 amide bonds. The summed E-state index contributed by atoms with van der Waals surface area (Å²) in [5.41, 5.74) is 3.33. The third-order valence-electron chi connectivity index (χ3n) is 6.04. The minimum Gasteiger partial charge on any atom is -0.445 e. The van der Waals surface area contributed by atoms with Gasteiger partial charge in [-0.3, -0.25) is 14.5 Å². The molecule has 0 saturated carbocycles. The topological polar surface area (TPSA) is 70.2 Å². The van der Waals surface area contributed by atoms with Crippen LogP contribution >= 0.6 is 11.6 Å². The fourth-order valence-corrected chi connectivity index (χ4v) is 4.14. The molecule has 32 heavy (non-hydrogen) atoms. The molecule has 2 aliphatic heterocycles. The summed E-state index contributed by atoms with van der Waals surface area (Å²) in [5, 5.41) is 0.647. The number of fused-ring (bicyclic) bond motifs is 1. The van der Waals surface area contributed by atoms with Crippen LogP contribution in [0.25, 0.3) is 0 Å². The number of ketones is 1. The standard InChI is InChI=1S/C24H26ClN3O4/c1-26-21-7-4-18(14-19(21)15-23(26)30)22(29)8-9-27-10-12-28(13-11-27)24(31)32-16-17-2-5-20(25)6-3-17/h2-7,14H,8-13,15-16H2,1H3. The highest BCUT2D eigenvalue weighted by molar-refractivity contribution is 6.30. The van der Waals surface area contributed by atoms with Crippen molar-refractivity contribution in [1.82, 2.24) is 9.80 Å². The van der Waals surface area contributed by atoms with E-state index in [0.717, 1.165) is 16.8 Å². The Morgan fingerprint density at radius 1 is 1.03 bits per heavy atom. The number of amides is 2. The highest BCUT2D eigenvalue weighted by Gasteiger charge is 2.25. The number of ether oxygens (including phenoxy) is 1. The molecule has 2 aliphatic rings. The summed E-state index contributed by atoms with van der Waals surface area (Å²) in [7, 11) is 1.75. The number of hydrogen-bond donors (Lipinski definition) is 0. The number of rotatable bonds is 6. The third kappa shape index (κ3) is 5.11. The second-order valence-electron chi connectivity index (χ2n) is 8.16. The van der Waals surface area contributed by atoms with Crippen LogP contribution in [0.4, 0.5) is 10.5 Å². The molecule has 0 atom stereocenters. The molecular formula is C24H26ClN3O4. The minimum absolute atomic E-state index is 0.0502.